The molecule has 1 aliphatic rings. The van der Waals surface area contributed by atoms with Crippen molar-refractivity contribution in [3.05, 3.63) is 28.8 Å². The van der Waals surface area contributed by atoms with E-state index < -0.39 is 9.84 Å². The van der Waals surface area contributed by atoms with Gasteiger partial charge < -0.3 is 0 Å². The Bertz CT molecular complexity index is 1050. The molecule has 0 spiro atoms. The van der Waals surface area contributed by atoms with E-state index in [9.17, 15) is 13.2 Å². The zero-order valence-corrected chi connectivity index (χ0v) is 15.0. The van der Waals surface area contributed by atoms with Crippen LogP contribution in [0, 0.1) is 0 Å². The largest absolute Gasteiger partial charge is 0.297 e. The molecule has 0 unspecified atom stereocenters. The molecule has 7 nitrogen and oxygen atoms in total. The van der Waals surface area contributed by atoms with Crippen LogP contribution in [0.15, 0.2) is 23.1 Å². The predicted molar refractivity (Wildman–Crippen MR) is 92.6 cm³/mol. The maximum Gasteiger partial charge on any atom is 0.271 e. The minimum Gasteiger partial charge on any atom is -0.297 e. The molecular weight excluding hydrogens is 368 g/mol. The lowest BCUT2D eigenvalue weighted by atomic mass is 10.2. The second-order valence-electron chi connectivity index (χ2n) is 5.64. The average molecular weight is 380 g/mol. The first-order valence-electron chi connectivity index (χ1n) is 7.16. The van der Waals surface area contributed by atoms with E-state index in [-0.39, 0.29) is 10.8 Å². The van der Waals surface area contributed by atoms with Crippen molar-refractivity contribution in [1.82, 2.24) is 14.6 Å². The Labute approximate surface area is 145 Å². The maximum absolute atomic E-state index is 12.4. The third-order valence-electron chi connectivity index (χ3n) is 3.69. The van der Waals surface area contributed by atoms with E-state index in [1.165, 1.54) is 17.4 Å². The first kappa shape index (κ1) is 15.6. The number of nitrogens with one attached hydrogen (secondary N) is 1. The Hall–Kier alpha value is -1.91. The molecule has 0 aliphatic heterocycles. The van der Waals surface area contributed by atoms with Gasteiger partial charge in [0.1, 0.15) is 4.88 Å². The molecule has 0 radical (unpaired) electrons. The summed E-state index contributed by atoms with van der Waals surface area (Å²) in [6, 6.07) is 4.73. The zero-order chi connectivity index (χ0) is 16.9. The van der Waals surface area contributed by atoms with Crippen LogP contribution in [0.4, 0.5) is 5.13 Å². The molecule has 1 aromatic carbocycles. The van der Waals surface area contributed by atoms with Crippen molar-refractivity contribution in [2.24, 2.45) is 0 Å². The highest BCUT2D eigenvalue weighted by Crippen LogP contribution is 2.41. The quantitative estimate of drug-likeness (QED) is 0.747. The van der Waals surface area contributed by atoms with Gasteiger partial charge in [-0.1, -0.05) is 15.8 Å². The van der Waals surface area contributed by atoms with Crippen LogP contribution in [0.5, 0.6) is 0 Å². The number of fused-ring (bicyclic) bond motifs is 1. The lowest BCUT2D eigenvalue weighted by Crippen LogP contribution is -2.12. The third-order valence-corrected chi connectivity index (χ3v) is 6.48. The van der Waals surface area contributed by atoms with Crippen molar-refractivity contribution in [2.45, 2.75) is 23.7 Å². The molecule has 1 saturated carbocycles. The van der Waals surface area contributed by atoms with Crippen LogP contribution in [-0.2, 0) is 9.84 Å². The molecule has 3 aromatic rings. The van der Waals surface area contributed by atoms with Crippen molar-refractivity contribution < 1.29 is 13.2 Å². The zero-order valence-electron chi connectivity index (χ0n) is 12.5. The number of thiazole rings is 1. The normalized spacial score (nSPS) is 14.9. The second kappa shape index (κ2) is 5.57. The minimum atomic E-state index is -3.28. The summed E-state index contributed by atoms with van der Waals surface area (Å²) in [6.07, 6.45) is 3.25. The van der Waals surface area contributed by atoms with E-state index in [0.717, 1.165) is 36.3 Å². The summed E-state index contributed by atoms with van der Waals surface area (Å²) >= 11 is 2.32. The summed E-state index contributed by atoms with van der Waals surface area (Å²) in [5.74, 6) is 0.0754. The minimum absolute atomic E-state index is 0.235. The van der Waals surface area contributed by atoms with E-state index in [1.807, 2.05) is 0 Å². The van der Waals surface area contributed by atoms with E-state index in [0.29, 0.717) is 26.1 Å². The fourth-order valence-corrected chi connectivity index (χ4v) is 4.59. The fourth-order valence-electron chi connectivity index (χ4n) is 2.32. The van der Waals surface area contributed by atoms with Gasteiger partial charge in [0.25, 0.3) is 5.91 Å². The number of carbonyl (C=O) groups excluding carboxylic acids is 1. The van der Waals surface area contributed by atoms with Crippen LogP contribution in [0.25, 0.3) is 10.2 Å². The molecule has 1 aliphatic carbocycles. The van der Waals surface area contributed by atoms with Crippen LogP contribution < -0.4 is 5.32 Å². The Kier molecular flexibility index (Phi) is 3.62. The first-order chi connectivity index (χ1) is 11.4. The molecule has 4 rings (SSSR count). The third kappa shape index (κ3) is 2.92. The fraction of sp³-hybridized carbons (Fsp3) is 0.286. The predicted octanol–water partition coefficient (Wildman–Crippen LogP) is 2.68. The molecule has 1 fully saturated rings. The molecule has 10 heteroatoms. The number of sulfone groups is 1. The van der Waals surface area contributed by atoms with Crippen LogP contribution in [0.3, 0.4) is 0 Å². The van der Waals surface area contributed by atoms with Gasteiger partial charge in [-0.3, -0.25) is 10.1 Å². The summed E-state index contributed by atoms with van der Waals surface area (Å²) in [5.41, 5.74) is 1.41. The van der Waals surface area contributed by atoms with Gasteiger partial charge in [-0.15, -0.1) is 5.10 Å². The summed E-state index contributed by atoms with van der Waals surface area (Å²) < 4.78 is 27.8. The molecule has 24 heavy (non-hydrogen) atoms. The number of hydrogen-bond acceptors (Lipinski definition) is 8. The summed E-state index contributed by atoms with van der Waals surface area (Å²) in [4.78, 5) is 17.5. The van der Waals surface area contributed by atoms with E-state index in [2.05, 4.69) is 19.9 Å². The van der Waals surface area contributed by atoms with Gasteiger partial charge in [0.2, 0.25) is 0 Å². The molecule has 0 saturated heterocycles. The molecule has 1 amide bonds. The Morgan fingerprint density at radius 2 is 2.12 bits per heavy atom. The van der Waals surface area contributed by atoms with Gasteiger partial charge in [0.15, 0.2) is 15.0 Å². The van der Waals surface area contributed by atoms with E-state index >= 15 is 0 Å². The summed E-state index contributed by atoms with van der Waals surface area (Å²) in [7, 11) is -3.28. The molecule has 1 N–H and O–H groups in total. The highest BCUT2D eigenvalue weighted by atomic mass is 32.2. The maximum atomic E-state index is 12.4. The van der Waals surface area contributed by atoms with Crippen molar-refractivity contribution in [1.29, 1.82) is 0 Å². The number of rotatable bonds is 4. The monoisotopic (exact) mass is 380 g/mol. The van der Waals surface area contributed by atoms with Gasteiger partial charge in [0, 0.05) is 12.2 Å². The van der Waals surface area contributed by atoms with E-state index in [1.54, 1.807) is 12.1 Å². The highest BCUT2D eigenvalue weighted by molar-refractivity contribution is 7.90. The lowest BCUT2D eigenvalue weighted by Gasteiger charge is -1.99. The van der Waals surface area contributed by atoms with Crippen molar-refractivity contribution in [3.8, 4) is 0 Å². The number of aromatic nitrogens is 3. The number of benzene rings is 1. The van der Waals surface area contributed by atoms with Crippen LogP contribution in [0.1, 0.15) is 34.1 Å². The lowest BCUT2D eigenvalue weighted by molar-refractivity contribution is 0.102. The smallest absolute Gasteiger partial charge is 0.271 e. The van der Waals surface area contributed by atoms with Gasteiger partial charge in [0.05, 0.1) is 20.8 Å². The molecule has 2 heterocycles. The van der Waals surface area contributed by atoms with Gasteiger partial charge >= 0.3 is 0 Å². The summed E-state index contributed by atoms with van der Waals surface area (Å²) in [6.45, 7) is 0. The molecular formula is C14H12N4O3S3. The standard InChI is InChI=1S/C14H12N4O3S3/c1-24(20,21)8-4-5-9-10(6-8)22-14(15-9)16-13(19)12-11(7-2-3-7)17-18-23-12/h4-7H,2-3H2,1H3,(H,15,16,19). The van der Waals surface area contributed by atoms with Gasteiger partial charge in [-0.25, -0.2) is 13.4 Å². The SMILES string of the molecule is CS(=O)(=O)c1ccc2nc(NC(=O)c3snnc3C3CC3)sc2c1. The van der Waals surface area contributed by atoms with Crippen LogP contribution in [0.2, 0.25) is 0 Å². The molecule has 2 aromatic heterocycles. The Balaban J connectivity index is 1.62. The number of nitrogens with zero attached hydrogens (tertiary/aromatic N) is 3. The topological polar surface area (TPSA) is 102 Å². The van der Waals surface area contributed by atoms with Gasteiger partial charge in [-0.2, -0.15) is 0 Å². The number of hydrogen-bond donors (Lipinski definition) is 1. The number of amides is 1. The first-order valence-corrected chi connectivity index (χ1v) is 10.6. The molecule has 124 valence electrons. The van der Waals surface area contributed by atoms with E-state index in [4.69, 9.17) is 0 Å². The average Bonchev–Trinajstić information content (AvgIpc) is 3.09. The Morgan fingerprint density at radius 3 is 2.83 bits per heavy atom. The number of anilines is 1. The van der Waals surface area contributed by atoms with Crippen LogP contribution in [-0.4, -0.2) is 35.2 Å². The second-order valence-corrected chi connectivity index (χ2v) is 9.44. The van der Waals surface area contributed by atoms with Crippen molar-refractivity contribution in [3.63, 3.8) is 0 Å². The van der Waals surface area contributed by atoms with Crippen molar-refractivity contribution >= 4 is 54.0 Å². The molecule has 0 bridgehead atoms. The molecule has 0 atom stereocenters. The highest BCUT2D eigenvalue weighted by Gasteiger charge is 2.32. The summed E-state index contributed by atoms with van der Waals surface area (Å²) in [5, 5.41) is 7.24. The number of carbonyl (C=O) groups is 1. The Morgan fingerprint density at radius 1 is 1.33 bits per heavy atom. The van der Waals surface area contributed by atoms with Crippen LogP contribution >= 0.6 is 22.9 Å². The van der Waals surface area contributed by atoms with Crippen molar-refractivity contribution in [2.75, 3.05) is 11.6 Å². The van der Waals surface area contributed by atoms with Gasteiger partial charge in [-0.05, 0) is 42.6 Å².